The Labute approximate surface area is 152 Å². The molecule has 0 aliphatic heterocycles. The van der Waals surface area contributed by atoms with Crippen LogP contribution in [-0.2, 0) is 6.42 Å². The monoisotopic (exact) mass is 383 g/mol. The molecule has 2 rings (SSSR count). The maximum atomic E-state index is 12.1. The van der Waals surface area contributed by atoms with E-state index in [1.165, 1.54) is 29.7 Å². The van der Waals surface area contributed by atoms with Gasteiger partial charge in [0.15, 0.2) is 0 Å². The van der Waals surface area contributed by atoms with Crippen molar-refractivity contribution in [1.82, 2.24) is 10.8 Å². The van der Waals surface area contributed by atoms with E-state index in [1.807, 2.05) is 0 Å². The molecule has 0 saturated carbocycles. The second kappa shape index (κ2) is 8.90. The van der Waals surface area contributed by atoms with Gasteiger partial charge in [-0.15, -0.1) is 13.2 Å². The predicted molar refractivity (Wildman–Crippen MR) is 89.5 cm³/mol. The number of hydrogen-bond donors (Lipinski definition) is 4. The van der Waals surface area contributed by atoms with Crippen LogP contribution in [0.4, 0.5) is 23.7 Å². The standard InChI is InChI=1S/C17H16F3N3O4/c18-17(19,20)27-14-7-5-13(6-8-14)22-16(25)21-10-9-11-1-3-12(4-2-11)15(24)23-26/h1-8,26H,9-10H2,(H,23,24)(H2,21,22,25). The maximum Gasteiger partial charge on any atom is 0.573 e. The minimum atomic E-state index is -4.77. The molecule has 144 valence electrons. The zero-order valence-electron chi connectivity index (χ0n) is 13.8. The van der Waals surface area contributed by atoms with Crippen LogP contribution >= 0.6 is 0 Å². The van der Waals surface area contributed by atoms with E-state index in [1.54, 1.807) is 12.1 Å². The average Bonchev–Trinajstić information content (AvgIpc) is 2.62. The maximum absolute atomic E-state index is 12.1. The van der Waals surface area contributed by atoms with E-state index in [4.69, 9.17) is 5.21 Å². The van der Waals surface area contributed by atoms with E-state index in [9.17, 15) is 22.8 Å². The van der Waals surface area contributed by atoms with Crippen LogP contribution in [0, 0.1) is 0 Å². The fraction of sp³-hybridized carbons (Fsp3) is 0.176. The highest BCUT2D eigenvalue weighted by Crippen LogP contribution is 2.23. The van der Waals surface area contributed by atoms with Crippen LogP contribution in [0.1, 0.15) is 15.9 Å². The van der Waals surface area contributed by atoms with E-state index in [2.05, 4.69) is 15.4 Å². The third-order valence-corrected chi connectivity index (χ3v) is 3.36. The van der Waals surface area contributed by atoms with Crippen molar-refractivity contribution in [1.29, 1.82) is 0 Å². The van der Waals surface area contributed by atoms with Gasteiger partial charge in [-0.25, -0.2) is 10.3 Å². The predicted octanol–water partition coefficient (Wildman–Crippen LogP) is 3.07. The minimum absolute atomic E-state index is 0.296. The molecular formula is C17H16F3N3O4. The first-order chi connectivity index (χ1) is 12.8. The third kappa shape index (κ3) is 6.86. The fourth-order valence-corrected chi connectivity index (χ4v) is 2.12. The van der Waals surface area contributed by atoms with Gasteiger partial charge in [0.25, 0.3) is 5.91 Å². The van der Waals surface area contributed by atoms with E-state index in [0.717, 1.165) is 17.7 Å². The lowest BCUT2D eigenvalue weighted by Crippen LogP contribution is -2.30. The quantitative estimate of drug-likeness (QED) is 0.455. The normalized spacial score (nSPS) is 10.8. The molecule has 0 saturated heterocycles. The van der Waals surface area contributed by atoms with Gasteiger partial charge in [-0.3, -0.25) is 10.0 Å². The van der Waals surface area contributed by atoms with Crippen molar-refractivity contribution in [3.8, 4) is 5.75 Å². The fourth-order valence-electron chi connectivity index (χ4n) is 2.12. The Morgan fingerprint density at radius 2 is 1.63 bits per heavy atom. The van der Waals surface area contributed by atoms with Gasteiger partial charge in [-0.05, 0) is 48.4 Å². The van der Waals surface area contributed by atoms with Crippen LogP contribution in [0.15, 0.2) is 48.5 Å². The summed E-state index contributed by atoms with van der Waals surface area (Å²) in [5, 5.41) is 13.6. The molecule has 3 amide bonds. The highest BCUT2D eigenvalue weighted by Gasteiger charge is 2.30. The van der Waals surface area contributed by atoms with E-state index in [-0.39, 0.29) is 5.75 Å². The summed E-state index contributed by atoms with van der Waals surface area (Å²) in [7, 11) is 0. The molecule has 10 heteroatoms. The van der Waals surface area contributed by atoms with Crippen molar-refractivity contribution in [2.24, 2.45) is 0 Å². The number of urea groups is 1. The summed E-state index contributed by atoms with van der Waals surface area (Å²) in [6.45, 7) is 0.298. The molecule has 0 unspecified atom stereocenters. The summed E-state index contributed by atoms with van der Waals surface area (Å²) >= 11 is 0. The second-order valence-corrected chi connectivity index (χ2v) is 5.34. The number of benzene rings is 2. The van der Waals surface area contributed by atoms with Crippen molar-refractivity contribution in [2.75, 3.05) is 11.9 Å². The van der Waals surface area contributed by atoms with Crippen LogP contribution < -0.4 is 20.9 Å². The highest BCUT2D eigenvalue weighted by molar-refractivity contribution is 5.93. The van der Waals surface area contributed by atoms with Gasteiger partial charge in [0.2, 0.25) is 0 Å². The van der Waals surface area contributed by atoms with Gasteiger partial charge in [0.1, 0.15) is 5.75 Å². The molecule has 0 aromatic heterocycles. The number of hydrogen-bond acceptors (Lipinski definition) is 4. The Kier molecular flexibility index (Phi) is 6.61. The van der Waals surface area contributed by atoms with Crippen molar-refractivity contribution < 1.29 is 32.7 Å². The van der Waals surface area contributed by atoms with Crippen LogP contribution in [-0.4, -0.2) is 30.1 Å². The van der Waals surface area contributed by atoms with E-state index in [0.29, 0.717) is 24.2 Å². The second-order valence-electron chi connectivity index (χ2n) is 5.34. The Morgan fingerprint density at radius 1 is 1.00 bits per heavy atom. The largest absolute Gasteiger partial charge is 0.573 e. The van der Waals surface area contributed by atoms with Gasteiger partial charge >= 0.3 is 12.4 Å². The summed E-state index contributed by atoms with van der Waals surface area (Å²) in [5.41, 5.74) is 2.99. The number of carbonyl (C=O) groups excluding carboxylic acids is 2. The number of carbonyl (C=O) groups is 2. The molecule has 7 nitrogen and oxygen atoms in total. The number of amides is 3. The molecule has 0 spiro atoms. The average molecular weight is 383 g/mol. The molecule has 4 N–H and O–H groups in total. The van der Waals surface area contributed by atoms with Gasteiger partial charge in [-0.1, -0.05) is 12.1 Å². The summed E-state index contributed by atoms with van der Waals surface area (Å²) in [6.07, 6.45) is -4.28. The van der Waals surface area contributed by atoms with Crippen molar-refractivity contribution in [3.05, 3.63) is 59.7 Å². The SMILES string of the molecule is O=C(NCCc1ccc(C(=O)NO)cc1)Nc1ccc(OC(F)(F)F)cc1. The van der Waals surface area contributed by atoms with E-state index < -0.39 is 18.3 Å². The molecule has 0 atom stereocenters. The summed E-state index contributed by atoms with van der Waals surface area (Å²) in [6, 6.07) is 10.7. The smallest absolute Gasteiger partial charge is 0.406 e. The minimum Gasteiger partial charge on any atom is -0.406 e. The Balaban J connectivity index is 1.77. The van der Waals surface area contributed by atoms with Crippen LogP contribution in [0.25, 0.3) is 0 Å². The molecule has 0 heterocycles. The van der Waals surface area contributed by atoms with Crippen LogP contribution in [0.5, 0.6) is 5.75 Å². The lowest BCUT2D eigenvalue weighted by molar-refractivity contribution is -0.274. The summed E-state index contributed by atoms with van der Waals surface area (Å²) in [4.78, 5) is 23.0. The Bertz CT molecular complexity index is 778. The highest BCUT2D eigenvalue weighted by atomic mass is 19.4. The first kappa shape index (κ1) is 20.0. The molecule has 27 heavy (non-hydrogen) atoms. The molecular weight excluding hydrogens is 367 g/mol. The number of hydroxylamine groups is 1. The lowest BCUT2D eigenvalue weighted by atomic mass is 10.1. The van der Waals surface area contributed by atoms with Crippen molar-refractivity contribution in [3.63, 3.8) is 0 Å². The van der Waals surface area contributed by atoms with Gasteiger partial charge in [-0.2, -0.15) is 0 Å². The molecule has 2 aromatic carbocycles. The molecule has 0 aliphatic rings. The Morgan fingerprint density at radius 3 is 2.19 bits per heavy atom. The summed E-state index contributed by atoms with van der Waals surface area (Å²) < 4.78 is 40.0. The number of anilines is 1. The third-order valence-electron chi connectivity index (χ3n) is 3.36. The van der Waals surface area contributed by atoms with E-state index >= 15 is 0 Å². The number of rotatable bonds is 6. The van der Waals surface area contributed by atoms with Gasteiger partial charge in [0.05, 0.1) is 0 Å². The number of alkyl halides is 3. The number of halogens is 3. The zero-order valence-corrected chi connectivity index (χ0v) is 13.8. The summed E-state index contributed by atoms with van der Waals surface area (Å²) in [5.74, 6) is -1.00. The molecule has 0 radical (unpaired) electrons. The van der Waals surface area contributed by atoms with Crippen LogP contribution in [0.2, 0.25) is 0 Å². The topological polar surface area (TPSA) is 99.7 Å². The molecule has 0 fully saturated rings. The molecule has 0 bridgehead atoms. The number of ether oxygens (including phenoxy) is 1. The van der Waals surface area contributed by atoms with Crippen LogP contribution in [0.3, 0.4) is 0 Å². The van der Waals surface area contributed by atoms with Gasteiger partial charge in [0, 0.05) is 17.8 Å². The number of nitrogens with one attached hydrogen (secondary N) is 3. The van der Waals surface area contributed by atoms with Crippen molar-refractivity contribution >= 4 is 17.6 Å². The first-order valence-corrected chi connectivity index (χ1v) is 7.71. The van der Waals surface area contributed by atoms with Gasteiger partial charge < -0.3 is 15.4 Å². The zero-order chi connectivity index (χ0) is 19.9. The van der Waals surface area contributed by atoms with Crippen molar-refractivity contribution in [2.45, 2.75) is 12.8 Å². The molecule has 0 aliphatic carbocycles. The Hall–Kier alpha value is -3.27. The lowest BCUT2D eigenvalue weighted by Gasteiger charge is -2.10. The first-order valence-electron chi connectivity index (χ1n) is 7.71. The molecule has 2 aromatic rings.